The zero-order chi connectivity index (χ0) is 16.1. The predicted molar refractivity (Wildman–Crippen MR) is 82.7 cm³/mol. The minimum atomic E-state index is -0.517. The molecule has 0 saturated carbocycles. The molecule has 0 aliphatic carbocycles. The summed E-state index contributed by atoms with van der Waals surface area (Å²) in [5, 5.41) is 7.85. The number of hydrazone groups is 2. The van der Waals surface area contributed by atoms with Gasteiger partial charge in [0, 0.05) is 12.1 Å². The average Bonchev–Trinajstić information content (AvgIpc) is 2.84. The van der Waals surface area contributed by atoms with Gasteiger partial charge in [-0.25, -0.2) is 10.9 Å². The fourth-order valence-corrected chi connectivity index (χ4v) is 2.00. The summed E-state index contributed by atoms with van der Waals surface area (Å²) in [6.45, 7) is 3.50. The SMILES string of the molecule is COc1ccc(/C(C)=N/NC(=O)C[C@@H]2C(=O)NN=C2C)cc1. The Morgan fingerprint density at radius 2 is 2.09 bits per heavy atom. The molecule has 1 aliphatic heterocycles. The van der Waals surface area contributed by atoms with Crippen molar-refractivity contribution in [2.45, 2.75) is 20.3 Å². The lowest BCUT2D eigenvalue weighted by Gasteiger charge is -2.07. The number of amides is 2. The molecule has 1 heterocycles. The number of hydrogen-bond donors (Lipinski definition) is 2. The van der Waals surface area contributed by atoms with Crippen molar-refractivity contribution in [3.8, 4) is 5.75 Å². The van der Waals surface area contributed by atoms with E-state index in [4.69, 9.17) is 4.74 Å². The molecule has 0 saturated heterocycles. The molecular formula is C15H18N4O3. The van der Waals surface area contributed by atoms with Crippen LogP contribution in [0.1, 0.15) is 25.8 Å². The normalized spacial score (nSPS) is 17.8. The van der Waals surface area contributed by atoms with E-state index in [1.54, 1.807) is 21.0 Å². The summed E-state index contributed by atoms with van der Waals surface area (Å²) in [6.07, 6.45) is 0.0283. The highest BCUT2D eigenvalue weighted by atomic mass is 16.5. The standard InChI is InChI=1S/C15H18N4O3/c1-9(11-4-6-12(22-3)7-5-11)16-18-14(20)8-13-10(2)17-19-15(13)21/h4-7,13H,8H2,1-3H3,(H,18,20)(H,19,21)/b16-9+/t13-/m0/s1. The Kier molecular flexibility index (Phi) is 4.88. The van der Waals surface area contributed by atoms with Crippen LogP contribution in [0.5, 0.6) is 5.75 Å². The molecule has 1 aliphatic rings. The maximum atomic E-state index is 11.9. The number of nitrogens with one attached hydrogen (secondary N) is 2. The molecule has 7 heteroatoms. The molecule has 1 aromatic carbocycles. The smallest absolute Gasteiger partial charge is 0.249 e. The lowest BCUT2D eigenvalue weighted by Crippen LogP contribution is -2.29. The third-order valence-electron chi connectivity index (χ3n) is 3.41. The van der Waals surface area contributed by atoms with Gasteiger partial charge in [-0.1, -0.05) is 0 Å². The topological polar surface area (TPSA) is 92.1 Å². The van der Waals surface area contributed by atoms with E-state index in [9.17, 15) is 9.59 Å². The van der Waals surface area contributed by atoms with Crippen LogP contribution in [0, 0.1) is 5.92 Å². The van der Waals surface area contributed by atoms with Crippen LogP contribution >= 0.6 is 0 Å². The van der Waals surface area contributed by atoms with Crippen LogP contribution in [0.2, 0.25) is 0 Å². The first-order valence-electron chi connectivity index (χ1n) is 6.83. The van der Waals surface area contributed by atoms with E-state index in [1.165, 1.54) is 0 Å². The molecule has 0 spiro atoms. The third kappa shape index (κ3) is 3.69. The van der Waals surface area contributed by atoms with E-state index in [-0.39, 0.29) is 18.2 Å². The van der Waals surface area contributed by atoms with E-state index in [0.29, 0.717) is 11.4 Å². The van der Waals surface area contributed by atoms with Gasteiger partial charge in [0.25, 0.3) is 0 Å². The van der Waals surface area contributed by atoms with E-state index in [0.717, 1.165) is 11.3 Å². The lowest BCUT2D eigenvalue weighted by molar-refractivity contribution is -0.127. The van der Waals surface area contributed by atoms with Crippen LogP contribution in [0.4, 0.5) is 0 Å². The highest BCUT2D eigenvalue weighted by molar-refractivity contribution is 6.09. The molecule has 0 radical (unpaired) electrons. The van der Waals surface area contributed by atoms with Gasteiger partial charge < -0.3 is 4.74 Å². The van der Waals surface area contributed by atoms with Crippen LogP contribution in [-0.4, -0.2) is 30.3 Å². The van der Waals surface area contributed by atoms with Gasteiger partial charge in [0.05, 0.1) is 18.7 Å². The molecule has 7 nitrogen and oxygen atoms in total. The molecule has 1 atom stereocenters. The highest BCUT2D eigenvalue weighted by Crippen LogP contribution is 2.13. The number of methoxy groups -OCH3 is 1. The fourth-order valence-electron chi connectivity index (χ4n) is 2.00. The van der Waals surface area contributed by atoms with Crippen molar-refractivity contribution in [2.75, 3.05) is 7.11 Å². The van der Waals surface area contributed by atoms with Gasteiger partial charge >= 0.3 is 0 Å². The van der Waals surface area contributed by atoms with E-state index < -0.39 is 5.92 Å². The Morgan fingerprint density at radius 3 is 2.64 bits per heavy atom. The number of rotatable bonds is 5. The quantitative estimate of drug-likeness (QED) is 0.629. The van der Waals surface area contributed by atoms with Crippen molar-refractivity contribution in [3.05, 3.63) is 29.8 Å². The Hall–Kier alpha value is -2.70. The second-order valence-electron chi connectivity index (χ2n) is 4.95. The lowest BCUT2D eigenvalue weighted by atomic mass is 10.0. The van der Waals surface area contributed by atoms with E-state index >= 15 is 0 Å². The Labute approximate surface area is 128 Å². The average molecular weight is 302 g/mol. The third-order valence-corrected chi connectivity index (χ3v) is 3.41. The first-order valence-corrected chi connectivity index (χ1v) is 6.83. The van der Waals surface area contributed by atoms with E-state index in [1.807, 2.05) is 24.3 Å². The van der Waals surface area contributed by atoms with Crippen molar-refractivity contribution >= 4 is 23.2 Å². The molecule has 1 aromatic rings. The second-order valence-corrected chi connectivity index (χ2v) is 4.95. The summed E-state index contributed by atoms with van der Waals surface area (Å²) >= 11 is 0. The largest absolute Gasteiger partial charge is 0.497 e. The monoisotopic (exact) mass is 302 g/mol. The van der Waals surface area contributed by atoms with Gasteiger partial charge in [0.1, 0.15) is 5.75 Å². The molecule has 2 rings (SSSR count). The molecule has 0 aromatic heterocycles. The van der Waals surface area contributed by atoms with E-state index in [2.05, 4.69) is 21.1 Å². The molecule has 0 fully saturated rings. The Balaban J connectivity index is 1.93. The molecule has 22 heavy (non-hydrogen) atoms. The maximum absolute atomic E-state index is 11.9. The zero-order valence-corrected chi connectivity index (χ0v) is 12.7. The summed E-state index contributed by atoms with van der Waals surface area (Å²) in [4.78, 5) is 23.3. The summed E-state index contributed by atoms with van der Waals surface area (Å²) in [7, 11) is 1.60. The number of benzene rings is 1. The summed E-state index contributed by atoms with van der Waals surface area (Å²) in [6, 6.07) is 7.34. The van der Waals surface area contributed by atoms with Crippen LogP contribution in [0.15, 0.2) is 34.5 Å². The van der Waals surface area contributed by atoms with Crippen LogP contribution in [0.25, 0.3) is 0 Å². The predicted octanol–water partition coefficient (Wildman–Crippen LogP) is 1.05. The fraction of sp³-hybridized carbons (Fsp3) is 0.333. The van der Waals surface area contributed by atoms with Crippen LogP contribution < -0.4 is 15.6 Å². The maximum Gasteiger partial charge on any atom is 0.249 e. The molecule has 0 unspecified atom stereocenters. The first kappa shape index (κ1) is 15.7. The van der Waals surface area contributed by atoms with Crippen molar-refractivity contribution in [1.29, 1.82) is 0 Å². The summed E-state index contributed by atoms with van der Waals surface area (Å²) in [5.41, 5.74) is 6.95. The van der Waals surface area contributed by atoms with Gasteiger partial charge in [-0.3, -0.25) is 9.59 Å². The van der Waals surface area contributed by atoms with Gasteiger partial charge in [-0.15, -0.1) is 0 Å². The van der Waals surface area contributed by atoms with Crippen molar-refractivity contribution in [2.24, 2.45) is 16.1 Å². The first-order chi connectivity index (χ1) is 10.5. The number of nitrogens with zero attached hydrogens (tertiary/aromatic N) is 2. The second kappa shape index (κ2) is 6.84. The Morgan fingerprint density at radius 1 is 1.41 bits per heavy atom. The molecule has 116 valence electrons. The minimum Gasteiger partial charge on any atom is -0.497 e. The van der Waals surface area contributed by atoms with Gasteiger partial charge in [-0.05, 0) is 43.7 Å². The molecular weight excluding hydrogens is 284 g/mol. The summed E-state index contributed by atoms with van der Waals surface area (Å²) in [5.74, 6) is -0.355. The van der Waals surface area contributed by atoms with Gasteiger partial charge in [0.2, 0.25) is 11.8 Å². The van der Waals surface area contributed by atoms with Gasteiger partial charge in [-0.2, -0.15) is 10.2 Å². The van der Waals surface area contributed by atoms with Gasteiger partial charge in [0.15, 0.2) is 0 Å². The van der Waals surface area contributed by atoms with Crippen molar-refractivity contribution < 1.29 is 14.3 Å². The number of ether oxygens (including phenoxy) is 1. The minimum absolute atomic E-state index is 0.0283. The zero-order valence-electron chi connectivity index (χ0n) is 12.7. The number of hydrogen-bond acceptors (Lipinski definition) is 5. The molecule has 0 bridgehead atoms. The summed E-state index contributed by atoms with van der Waals surface area (Å²) < 4.78 is 5.08. The van der Waals surface area contributed by atoms with Crippen molar-refractivity contribution in [3.63, 3.8) is 0 Å². The van der Waals surface area contributed by atoms with Crippen molar-refractivity contribution in [1.82, 2.24) is 10.9 Å². The number of carbonyl (C=O) groups is 2. The number of carbonyl (C=O) groups excluding carboxylic acids is 2. The molecule has 2 amide bonds. The highest BCUT2D eigenvalue weighted by Gasteiger charge is 2.29. The Bertz CT molecular complexity index is 635. The molecule has 2 N–H and O–H groups in total. The van der Waals surface area contributed by atoms with Crippen LogP contribution in [-0.2, 0) is 9.59 Å². The van der Waals surface area contributed by atoms with Crippen LogP contribution in [0.3, 0.4) is 0 Å².